The van der Waals surface area contributed by atoms with E-state index in [1.54, 1.807) is 7.05 Å². The normalized spacial score (nSPS) is 12.4. The maximum absolute atomic E-state index is 12.0. The smallest absolute Gasteiger partial charge is 0.256 e. The third kappa shape index (κ3) is 2.54. The molecule has 1 atom stereocenters. The molecule has 0 saturated carbocycles. The van der Waals surface area contributed by atoms with Gasteiger partial charge in [-0.3, -0.25) is 4.79 Å². The van der Waals surface area contributed by atoms with E-state index in [2.05, 4.69) is 6.07 Å². The highest BCUT2D eigenvalue weighted by Crippen LogP contribution is 2.29. The number of nitrogens with two attached hydrogens (primary N) is 1. The first kappa shape index (κ1) is 14.7. The van der Waals surface area contributed by atoms with E-state index in [1.165, 1.54) is 4.90 Å². The van der Waals surface area contributed by atoms with E-state index in [1.807, 2.05) is 27.7 Å². The molecule has 1 amide bonds. The topological polar surface area (TPSA) is 66.6 Å². The van der Waals surface area contributed by atoms with Crippen LogP contribution in [0.3, 0.4) is 0 Å². The number of rotatable bonds is 3. The van der Waals surface area contributed by atoms with Crippen LogP contribution in [0.5, 0.6) is 0 Å². The van der Waals surface area contributed by atoms with Gasteiger partial charge < -0.3 is 15.7 Å². The van der Waals surface area contributed by atoms with Crippen LogP contribution in [0.15, 0.2) is 6.07 Å². The summed E-state index contributed by atoms with van der Waals surface area (Å²) >= 11 is 0. The summed E-state index contributed by atoms with van der Waals surface area (Å²) in [5, 5.41) is 9.56. The highest BCUT2D eigenvalue weighted by atomic mass is 16.3. The summed E-state index contributed by atoms with van der Waals surface area (Å²) in [6.45, 7) is 7.93. The Hall–Kier alpha value is -1.39. The van der Waals surface area contributed by atoms with Gasteiger partial charge in [-0.15, -0.1) is 0 Å². The summed E-state index contributed by atoms with van der Waals surface area (Å²) in [4.78, 5) is 13.5. The molecule has 4 nitrogen and oxygen atoms in total. The van der Waals surface area contributed by atoms with E-state index in [4.69, 9.17) is 5.73 Å². The van der Waals surface area contributed by atoms with Gasteiger partial charge in [-0.2, -0.15) is 0 Å². The maximum atomic E-state index is 12.0. The van der Waals surface area contributed by atoms with Crippen LogP contribution in [0, 0.1) is 27.7 Å². The number of aliphatic hydroxyl groups is 1. The second-order valence-electron chi connectivity index (χ2n) is 4.76. The first-order chi connectivity index (χ1) is 8.31. The summed E-state index contributed by atoms with van der Waals surface area (Å²) in [5.74, 6) is -0.367. The zero-order chi connectivity index (χ0) is 14.0. The van der Waals surface area contributed by atoms with Gasteiger partial charge in [0.25, 0.3) is 5.91 Å². The Morgan fingerprint density at radius 3 is 2.11 bits per heavy atom. The summed E-state index contributed by atoms with van der Waals surface area (Å²) < 4.78 is 0. The zero-order valence-corrected chi connectivity index (χ0v) is 11.7. The lowest BCUT2D eigenvalue weighted by Crippen LogP contribution is -2.41. The maximum Gasteiger partial charge on any atom is 0.256 e. The molecule has 0 fully saturated rings. The molecule has 0 aliphatic carbocycles. The van der Waals surface area contributed by atoms with E-state index in [0.29, 0.717) is 0 Å². The van der Waals surface area contributed by atoms with Crippen molar-refractivity contribution in [2.24, 2.45) is 5.73 Å². The molecule has 0 aliphatic rings. The van der Waals surface area contributed by atoms with Crippen LogP contribution in [0.25, 0.3) is 0 Å². The summed E-state index contributed by atoms with van der Waals surface area (Å²) in [6.07, 6.45) is -1.14. The molecule has 3 N–H and O–H groups in total. The number of nitrogens with zero attached hydrogens (tertiary/aromatic N) is 1. The summed E-state index contributed by atoms with van der Waals surface area (Å²) in [6, 6.07) is 2.10. The number of carbonyl (C=O) groups is 1. The zero-order valence-electron chi connectivity index (χ0n) is 11.7. The number of anilines is 1. The molecular weight excluding hydrogens is 228 g/mol. The third-order valence-electron chi connectivity index (χ3n) is 3.50. The molecule has 0 radical (unpaired) electrons. The molecule has 0 spiro atoms. The number of aliphatic hydroxyl groups excluding tert-OH is 1. The van der Waals surface area contributed by atoms with Crippen molar-refractivity contribution in [2.75, 3.05) is 18.5 Å². The van der Waals surface area contributed by atoms with Crippen LogP contribution in [0.1, 0.15) is 22.3 Å². The predicted molar refractivity (Wildman–Crippen MR) is 73.9 cm³/mol. The molecule has 1 rings (SSSR count). The fraction of sp³-hybridized carbons (Fsp3) is 0.500. The van der Waals surface area contributed by atoms with Gasteiger partial charge in [0.15, 0.2) is 0 Å². The fourth-order valence-corrected chi connectivity index (χ4v) is 2.13. The van der Waals surface area contributed by atoms with Crippen molar-refractivity contribution in [2.45, 2.75) is 33.8 Å². The van der Waals surface area contributed by atoms with Gasteiger partial charge in [-0.1, -0.05) is 6.07 Å². The number of hydrogen-bond acceptors (Lipinski definition) is 3. The SMILES string of the molecule is Cc1cc(C)c(C)c(N(C)C(=O)C(O)CN)c1C. The largest absolute Gasteiger partial charge is 0.382 e. The van der Waals surface area contributed by atoms with Crippen molar-refractivity contribution in [1.29, 1.82) is 0 Å². The Morgan fingerprint density at radius 2 is 1.72 bits per heavy atom. The number of aryl methyl sites for hydroxylation is 2. The fourth-order valence-electron chi connectivity index (χ4n) is 2.13. The second-order valence-corrected chi connectivity index (χ2v) is 4.76. The number of hydrogen-bond donors (Lipinski definition) is 2. The molecule has 100 valence electrons. The van der Waals surface area contributed by atoms with Crippen LogP contribution in [0.4, 0.5) is 5.69 Å². The number of benzene rings is 1. The van der Waals surface area contributed by atoms with Crippen molar-refractivity contribution in [1.82, 2.24) is 0 Å². The van der Waals surface area contributed by atoms with E-state index in [0.717, 1.165) is 27.9 Å². The molecule has 0 saturated heterocycles. The van der Waals surface area contributed by atoms with Gasteiger partial charge in [0.2, 0.25) is 0 Å². The highest BCUT2D eigenvalue weighted by Gasteiger charge is 2.22. The average molecular weight is 250 g/mol. The van der Waals surface area contributed by atoms with Gasteiger partial charge in [0.05, 0.1) is 0 Å². The Kier molecular flexibility index (Phi) is 4.48. The minimum atomic E-state index is -1.14. The van der Waals surface area contributed by atoms with Crippen molar-refractivity contribution in [3.8, 4) is 0 Å². The first-order valence-electron chi connectivity index (χ1n) is 6.04. The molecule has 0 aliphatic heterocycles. The average Bonchev–Trinajstić information content (AvgIpc) is 2.34. The standard InChI is InChI=1S/C14H22N2O2/c1-8-6-9(2)11(4)13(10(8)3)16(5)14(18)12(17)7-15/h6,12,17H,7,15H2,1-5H3. The number of likely N-dealkylation sites (N-methyl/N-ethyl adjacent to an activating group) is 1. The van der Waals surface area contributed by atoms with Gasteiger partial charge in [0.1, 0.15) is 6.10 Å². The minimum Gasteiger partial charge on any atom is -0.382 e. The molecule has 4 heteroatoms. The van der Waals surface area contributed by atoms with Gasteiger partial charge in [-0.25, -0.2) is 0 Å². The van der Waals surface area contributed by atoms with Crippen LogP contribution < -0.4 is 10.6 Å². The van der Waals surface area contributed by atoms with Crippen molar-refractivity contribution >= 4 is 11.6 Å². The molecule has 1 aromatic rings. The Morgan fingerprint density at radius 1 is 1.28 bits per heavy atom. The van der Waals surface area contributed by atoms with Crippen molar-refractivity contribution in [3.05, 3.63) is 28.3 Å². The quantitative estimate of drug-likeness (QED) is 0.847. The van der Waals surface area contributed by atoms with E-state index in [9.17, 15) is 9.90 Å². The number of carbonyl (C=O) groups excluding carboxylic acids is 1. The minimum absolute atomic E-state index is 0.0634. The molecule has 0 bridgehead atoms. The second kappa shape index (κ2) is 5.50. The van der Waals surface area contributed by atoms with Crippen molar-refractivity contribution < 1.29 is 9.90 Å². The van der Waals surface area contributed by atoms with Crippen LogP contribution in [0.2, 0.25) is 0 Å². The lowest BCUT2D eigenvalue weighted by atomic mass is 9.97. The Bertz CT molecular complexity index is 443. The van der Waals surface area contributed by atoms with Crippen LogP contribution in [-0.2, 0) is 4.79 Å². The number of amides is 1. The van der Waals surface area contributed by atoms with Crippen LogP contribution >= 0.6 is 0 Å². The summed E-state index contributed by atoms with van der Waals surface area (Å²) in [7, 11) is 1.68. The lowest BCUT2D eigenvalue weighted by molar-refractivity contribution is -0.125. The molecule has 0 aromatic heterocycles. The molecule has 1 unspecified atom stereocenters. The van der Waals surface area contributed by atoms with Gasteiger partial charge in [-0.05, 0) is 49.9 Å². The molecular formula is C14H22N2O2. The molecule has 1 aromatic carbocycles. The lowest BCUT2D eigenvalue weighted by Gasteiger charge is -2.26. The highest BCUT2D eigenvalue weighted by molar-refractivity contribution is 5.97. The molecule has 0 heterocycles. The van der Waals surface area contributed by atoms with E-state index >= 15 is 0 Å². The van der Waals surface area contributed by atoms with Gasteiger partial charge >= 0.3 is 0 Å². The Labute approximate surface area is 108 Å². The predicted octanol–water partition coefficient (Wildman–Crippen LogP) is 1.20. The van der Waals surface area contributed by atoms with Crippen molar-refractivity contribution in [3.63, 3.8) is 0 Å². The van der Waals surface area contributed by atoms with E-state index in [-0.39, 0.29) is 12.5 Å². The Balaban J connectivity index is 3.29. The monoisotopic (exact) mass is 250 g/mol. The van der Waals surface area contributed by atoms with E-state index < -0.39 is 6.10 Å². The van der Waals surface area contributed by atoms with Crippen LogP contribution in [-0.4, -0.2) is 30.7 Å². The molecule has 18 heavy (non-hydrogen) atoms. The van der Waals surface area contributed by atoms with Gasteiger partial charge in [0, 0.05) is 19.3 Å². The third-order valence-corrected chi connectivity index (χ3v) is 3.50. The summed E-state index contributed by atoms with van der Waals surface area (Å²) in [5.41, 5.74) is 10.6. The first-order valence-corrected chi connectivity index (χ1v) is 6.04.